The molecule has 0 saturated carbocycles. The number of hydrogen-bond donors (Lipinski definition) is 2. The van der Waals surface area contributed by atoms with Crippen molar-refractivity contribution in [3.63, 3.8) is 0 Å². The maximum Gasteiger partial charge on any atom is 0.250 e. The average Bonchev–Trinajstić information content (AvgIpc) is 2.05. The molecule has 0 aromatic rings. The minimum Gasteiger partial charge on any atom is -0.392 e. The molecule has 80 valence electrons. The van der Waals surface area contributed by atoms with Gasteiger partial charge in [0.15, 0.2) is 0 Å². The lowest BCUT2D eigenvalue weighted by Crippen LogP contribution is -2.34. The van der Waals surface area contributed by atoms with E-state index in [0.717, 1.165) is 12.8 Å². The highest BCUT2D eigenvalue weighted by atomic mass is 19.3. The summed E-state index contributed by atoms with van der Waals surface area (Å²) < 4.78 is 23.4. The van der Waals surface area contributed by atoms with Crippen molar-refractivity contribution in [1.29, 1.82) is 0 Å². The van der Waals surface area contributed by atoms with E-state index >= 15 is 0 Å². The molecular formula is C9H19F2NO. The standard InChI is InChI=1S/C9H19F2NO/c1-3-7(4-2)8(13)5-12-6-9(10)11/h7-9,12-13H,3-6H2,1-2H3. The van der Waals surface area contributed by atoms with Crippen LogP contribution in [-0.2, 0) is 0 Å². The molecule has 2 N–H and O–H groups in total. The Morgan fingerprint density at radius 1 is 1.15 bits per heavy atom. The smallest absolute Gasteiger partial charge is 0.250 e. The van der Waals surface area contributed by atoms with Gasteiger partial charge in [-0.25, -0.2) is 8.78 Å². The Morgan fingerprint density at radius 2 is 1.69 bits per heavy atom. The summed E-state index contributed by atoms with van der Waals surface area (Å²) in [5, 5.41) is 12.0. The molecular weight excluding hydrogens is 176 g/mol. The number of nitrogens with one attached hydrogen (secondary N) is 1. The van der Waals surface area contributed by atoms with E-state index in [1.165, 1.54) is 0 Å². The molecule has 0 saturated heterocycles. The highest BCUT2D eigenvalue weighted by Crippen LogP contribution is 2.12. The Hall–Kier alpha value is -0.220. The van der Waals surface area contributed by atoms with Crippen LogP contribution in [0.15, 0.2) is 0 Å². The first-order chi connectivity index (χ1) is 6.11. The zero-order valence-corrected chi connectivity index (χ0v) is 8.26. The number of aliphatic hydroxyl groups is 1. The first-order valence-corrected chi connectivity index (χ1v) is 4.78. The van der Waals surface area contributed by atoms with Gasteiger partial charge >= 0.3 is 0 Å². The third-order valence-corrected chi connectivity index (χ3v) is 2.25. The van der Waals surface area contributed by atoms with Crippen LogP contribution in [-0.4, -0.2) is 30.7 Å². The van der Waals surface area contributed by atoms with E-state index in [-0.39, 0.29) is 19.0 Å². The van der Waals surface area contributed by atoms with Gasteiger partial charge in [0.1, 0.15) is 0 Å². The topological polar surface area (TPSA) is 32.3 Å². The van der Waals surface area contributed by atoms with Gasteiger partial charge in [-0.1, -0.05) is 26.7 Å². The van der Waals surface area contributed by atoms with Crippen molar-refractivity contribution < 1.29 is 13.9 Å². The van der Waals surface area contributed by atoms with Crippen LogP contribution in [0.25, 0.3) is 0 Å². The van der Waals surface area contributed by atoms with Crippen LogP contribution in [0.4, 0.5) is 8.78 Å². The van der Waals surface area contributed by atoms with Gasteiger partial charge in [-0.15, -0.1) is 0 Å². The molecule has 1 atom stereocenters. The second kappa shape index (κ2) is 7.21. The van der Waals surface area contributed by atoms with Crippen molar-refractivity contribution >= 4 is 0 Å². The molecule has 0 bridgehead atoms. The fourth-order valence-corrected chi connectivity index (χ4v) is 1.34. The molecule has 4 heteroatoms. The third kappa shape index (κ3) is 5.93. The van der Waals surface area contributed by atoms with E-state index in [9.17, 15) is 13.9 Å². The van der Waals surface area contributed by atoms with Gasteiger partial charge in [-0.05, 0) is 5.92 Å². The van der Waals surface area contributed by atoms with E-state index in [2.05, 4.69) is 5.32 Å². The van der Waals surface area contributed by atoms with Crippen LogP contribution in [0.5, 0.6) is 0 Å². The Labute approximate surface area is 78.3 Å². The molecule has 2 nitrogen and oxygen atoms in total. The zero-order valence-electron chi connectivity index (χ0n) is 8.26. The fourth-order valence-electron chi connectivity index (χ4n) is 1.34. The second-order valence-corrected chi connectivity index (χ2v) is 3.19. The van der Waals surface area contributed by atoms with Crippen LogP contribution < -0.4 is 5.32 Å². The fraction of sp³-hybridized carbons (Fsp3) is 1.00. The van der Waals surface area contributed by atoms with Crippen LogP contribution in [0.1, 0.15) is 26.7 Å². The summed E-state index contributed by atoms with van der Waals surface area (Å²) >= 11 is 0. The predicted octanol–water partition coefficient (Wildman–Crippen LogP) is 1.64. The first-order valence-electron chi connectivity index (χ1n) is 4.78. The number of halogens is 2. The molecule has 0 radical (unpaired) electrons. The minimum atomic E-state index is -2.34. The lowest BCUT2D eigenvalue weighted by molar-refractivity contribution is 0.0902. The summed E-state index contributed by atoms with van der Waals surface area (Å²) in [5.41, 5.74) is 0. The van der Waals surface area contributed by atoms with Gasteiger partial charge in [0.25, 0.3) is 6.43 Å². The molecule has 0 aromatic heterocycles. The van der Waals surface area contributed by atoms with Crippen LogP contribution in [0.3, 0.4) is 0 Å². The van der Waals surface area contributed by atoms with Crippen LogP contribution >= 0.6 is 0 Å². The van der Waals surface area contributed by atoms with E-state index in [0.29, 0.717) is 0 Å². The first kappa shape index (κ1) is 12.8. The van der Waals surface area contributed by atoms with Crippen molar-refractivity contribution in [2.75, 3.05) is 13.1 Å². The molecule has 0 aliphatic rings. The molecule has 0 heterocycles. The van der Waals surface area contributed by atoms with Gasteiger partial charge in [-0.2, -0.15) is 0 Å². The van der Waals surface area contributed by atoms with Crippen LogP contribution in [0, 0.1) is 5.92 Å². The highest BCUT2D eigenvalue weighted by Gasteiger charge is 2.15. The number of aliphatic hydroxyl groups excluding tert-OH is 1. The molecule has 0 aliphatic carbocycles. The van der Waals surface area contributed by atoms with E-state index < -0.39 is 12.5 Å². The summed E-state index contributed by atoms with van der Waals surface area (Å²) in [5.74, 6) is 0.213. The van der Waals surface area contributed by atoms with Gasteiger partial charge in [0, 0.05) is 6.54 Å². The Bertz CT molecular complexity index is 118. The SMILES string of the molecule is CCC(CC)C(O)CNCC(F)F. The molecule has 13 heavy (non-hydrogen) atoms. The Balaban J connectivity index is 3.53. The number of rotatable bonds is 7. The van der Waals surface area contributed by atoms with Crippen LogP contribution in [0.2, 0.25) is 0 Å². The van der Waals surface area contributed by atoms with Crippen molar-refractivity contribution in [2.45, 2.75) is 39.2 Å². The lowest BCUT2D eigenvalue weighted by atomic mass is 9.97. The molecule has 0 aromatic carbocycles. The van der Waals surface area contributed by atoms with Gasteiger partial charge in [0.2, 0.25) is 0 Å². The summed E-state index contributed by atoms with van der Waals surface area (Å²) in [6, 6.07) is 0. The van der Waals surface area contributed by atoms with Crippen molar-refractivity contribution in [3.8, 4) is 0 Å². The van der Waals surface area contributed by atoms with Gasteiger partial charge in [0.05, 0.1) is 12.6 Å². The van der Waals surface area contributed by atoms with E-state index in [4.69, 9.17) is 0 Å². The molecule has 0 fully saturated rings. The average molecular weight is 195 g/mol. The quantitative estimate of drug-likeness (QED) is 0.647. The Morgan fingerprint density at radius 3 is 2.08 bits per heavy atom. The summed E-state index contributed by atoms with van der Waals surface area (Å²) in [6.07, 6.45) is -1.08. The lowest BCUT2D eigenvalue weighted by Gasteiger charge is -2.20. The van der Waals surface area contributed by atoms with Crippen molar-refractivity contribution in [1.82, 2.24) is 5.32 Å². The maximum atomic E-state index is 11.7. The van der Waals surface area contributed by atoms with Gasteiger partial charge in [-0.3, -0.25) is 0 Å². The summed E-state index contributed by atoms with van der Waals surface area (Å²) in [4.78, 5) is 0. The van der Waals surface area contributed by atoms with E-state index in [1.807, 2.05) is 13.8 Å². The minimum absolute atomic E-state index is 0.213. The van der Waals surface area contributed by atoms with Gasteiger partial charge < -0.3 is 10.4 Å². The molecule has 0 rings (SSSR count). The highest BCUT2D eigenvalue weighted by molar-refractivity contribution is 4.68. The summed E-state index contributed by atoms with van der Waals surface area (Å²) in [6.45, 7) is 3.91. The number of hydrogen-bond acceptors (Lipinski definition) is 2. The molecule has 0 aliphatic heterocycles. The predicted molar refractivity (Wildman–Crippen MR) is 49.0 cm³/mol. The largest absolute Gasteiger partial charge is 0.392 e. The van der Waals surface area contributed by atoms with Crippen molar-refractivity contribution in [2.24, 2.45) is 5.92 Å². The molecule has 0 spiro atoms. The van der Waals surface area contributed by atoms with E-state index in [1.54, 1.807) is 0 Å². The number of alkyl halides is 2. The third-order valence-electron chi connectivity index (χ3n) is 2.25. The maximum absolute atomic E-state index is 11.7. The normalized spacial score (nSPS) is 14.1. The van der Waals surface area contributed by atoms with Crippen molar-refractivity contribution in [3.05, 3.63) is 0 Å². The zero-order chi connectivity index (χ0) is 10.3. The second-order valence-electron chi connectivity index (χ2n) is 3.19. The monoisotopic (exact) mass is 195 g/mol. The Kier molecular flexibility index (Phi) is 7.09. The summed E-state index contributed by atoms with van der Waals surface area (Å²) in [7, 11) is 0. The molecule has 1 unspecified atom stereocenters. The molecule has 0 amide bonds.